The minimum absolute atomic E-state index is 0.417. The highest BCUT2D eigenvalue weighted by Gasteiger charge is 2.35. The number of nitrogens with one attached hydrogen (secondary N) is 1. The number of hydrogen-bond acceptors (Lipinski definition) is 3. The summed E-state index contributed by atoms with van der Waals surface area (Å²) in [6, 6.07) is 18.6. The normalized spacial score (nSPS) is 17.7. The standard InChI is InChI=1S/C24H28ClN3S/c1-3-17(4-2)22(24-26-14-15-29-24)21-16-27-28(20-8-6-5-7-9-20)23(21)18-10-12-19(25)13-11-18/h5-13,16-17,22,24,26H,3-4,14-15H2,1-2H3. The molecule has 29 heavy (non-hydrogen) atoms. The second-order valence-electron chi connectivity index (χ2n) is 7.55. The number of rotatable bonds is 7. The number of para-hydroxylation sites is 1. The lowest BCUT2D eigenvalue weighted by Gasteiger charge is -2.31. The van der Waals surface area contributed by atoms with Crippen LogP contribution in [-0.2, 0) is 0 Å². The van der Waals surface area contributed by atoms with Gasteiger partial charge in [-0.3, -0.25) is 0 Å². The highest BCUT2D eigenvalue weighted by molar-refractivity contribution is 8.00. The summed E-state index contributed by atoms with van der Waals surface area (Å²) in [5.41, 5.74) is 4.75. The average Bonchev–Trinajstić information content (AvgIpc) is 3.44. The predicted molar refractivity (Wildman–Crippen MR) is 125 cm³/mol. The van der Waals surface area contributed by atoms with Gasteiger partial charge in [-0.05, 0) is 30.2 Å². The molecule has 0 saturated carbocycles. The van der Waals surface area contributed by atoms with Crippen molar-refractivity contribution in [1.82, 2.24) is 15.1 Å². The van der Waals surface area contributed by atoms with E-state index >= 15 is 0 Å². The van der Waals surface area contributed by atoms with Gasteiger partial charge in [-0.15, -0.1) is 11.8 Å². The lowest BCUT2D eigenvalue weighted by Crippen LogP contribution is -2.32. The summed E-state index contributed by atoms with van der Waals surface area (Å²) in [6.45, 7) is 5.70. The van der Waals surface area contributed by atoms with E-state index in [0.717, 1.165) is 35.7 Å². The maximum Gasteiger partial charge on any atom is 0.0776 e. The van der Waals surface area contributed by atoms with Gasteiger partial charge in [-0.2, -0.15) is 5.10 Å². The molecule has 1 saturated heterocycles. The molecule has 2 heterocycles. The van der Waals surface area contributed by atoms with Crippen LogP contribution in [0.5, 0.6) is 0 Å². The van der Waals surface area contributed by atoms with Gasteiger partial charge in [-0.1, -0.05) is 68.6 Å². The molecule has 1 N–H and O–H groups in total. The molecule has 1 aromatic heterocycles. The molecule has 4 rings (SSSR count). The van der Waals surface area contributed by atoms with Crippen LogP contribution in [0, 0.1) is 5.92 Å². The molecule has 1 aliphatic rings. The van der Waals surface area contributed by atoms with Crippen molar-refractivity contribution in [2.75, 3.05) is 12.3 Å². The van der Waals surface area contributed by atoms with Crippen molar-refractivity contribution in [3.05, 3.63) is 71.4 Å². The first-order valence-corrected chi connectivity index (χ1v) is 11.9. The van der Waals surface area contributed by atoms with E-state index in [0.29, 0.717) is 17.2 Å². The second-order valence-corrected chi connectivity index (χ2v) is 9.24. The van der Waals surface area contributed by atoms with E-state index in [4.69, 9.17) is 16.7 Å². The van der Waals surface area contributed by atoms with Crippen molar-refractivity contribution in [1.29, 1.82) is 0 Å². The van der Waals surface area contributed by atoms with E-state index in [-0.39, 0.29) is 0 Å². The van der Waals surface area contributed by atoms with Gasteiger partial charge in [0.05, 0.1) is 23.0 Å². The number of benzene rings is 2. The Morgan fingerprint density at radius 1 is 1.10 bits per heavy atom. The Hall–Kier alpha value is -1.75. The molecular weight excluding hydrogens is 398 g/mol. The van der Waals surface area contributed by atoms with Crippen molar-refractivity contribution < 1.29 is 0 Å². The predicted octanol–water partition coefficient (Wildman–Crippen LogP) is 6.38. The third kappa shape index (κ3) is 4.25. The molecule has 0 amide bonds. The zero-order valence-electron chi connectivity index (χ0n) is 17.0. The lowest BCUT2D eigenvalue weighted by molar-refractivity contribution is 0.372. The molecule has 0 radical (unpaired) electrons. The fourth-order valence-electron chi connectivity index (χ4n) is 4.40. The van der Waals surface area contributed by atoms with Gasteiger partial charge in [-0.25, -0.2) is 4.68 Å². The first-order valence-electron chi connectivity index (χ1n) is 10.5. The summed E-state index contributed by atoms with van der Waals surface area (Å²) in [7, 11) is 0. The largest absolute Gasteiger partial charge is 0.304 e. The Morgan fingerprint density at radius 2 is 1.83 bits per heavy atom. The molecule has 5 heteroatoms. The zero-order valence-corrected chi connectivity index (χ0v) is 18.6. The van der Waals surface area contributed by atoms with Crippen LogP contribution in [0.15, 0.2) is 60.8 Å². The quantitative estimate of drug-likeness (QED) is 0.476. The van der Waals surface area contributed by atoms with E-state index in [1.807, 2.05) is 30.0 Å². The van der Waals surface area contributed by atoms with E-state index in [9.17, 15) is 0 Å². The van der Waals surface area contributed by atoms with E-state index < -0.39 is 0 Å². The Balaban J connectivity index is 1.89. The molecular formula is C24H28ClN3S. The number of thioether (sulfide) groups is 1. The third-order valence-electron chi connectivity index (χ3n) is 5.90. The third-order valence-corrected chi connectivity index (χ3v) is 7.41. The zero-order chi connectivity index (χ0) is 20.2. The van der Waals surface area contributed by atoms with Gasteiger partial charge in [0.1, 0.15) is 0 Å². The maximum atomic E-state index is 6.20. The number of hydrogen-bond donors (Lipinski definition) is 1. The van der Waals surface area contributed by atoms with E-state index in [1.165, 1.54) is 17.0 Å². The summed E-state index contributed by atoms with van der Waals surface area (Å²) in [6.07, 6.45) is 4.42. The van der Waals surface area contributed by atoms with Crippen LogP contribution in [0.3, 0.4) is 0 Å². The van der Waals surface area contributed by atoms with Crippen LogP contribution in [0.4, 0.5) is 0 Å². The van der Waals surface area contributed by atoms with Crippen LogP contribution in [-0.4, -0.2) is 27.5 Å². The maximum absolute atomic E-state index is 6.20. The Labute approximate surface area is 182 Å². The van der Waals surface area contributed by atoms with Crippen molar-refractivity contribution >= 4 is 23.4 Å². The average molecular weight is 426 g/mol. The van der Waals surface area contributed by atoms with Gasteiger partial charge in [0.25, 0.3) is 0 Å². The molecule has 2 aromatic carbocycles. The molecule has 3 aromatic rings. The molecule has 152 valence electrons. The monoisotopic (exact) mass is 425 g/mol. The summed E-state index contributed by atoms with van der Waals surface area (Å²) < 4.78 is 2.09. The van der Waals surface area contributed by atoms with Crippen LogP contribution in [0.1, 0.15) is 38.2 Å². The Bertz CT molecular complexity index is 911. The molecule has 1 fully saturated rings. The van der Waals surface area contributed by atoms with E-state index in [1.54, 1.807) is 0 Å². The molecule has 1 aliphatic heterocycles. The first kappa shape index (κ1) is 20.5. The Morgan fingerprint density at radius 3 is 2.45 bits per heavy atom. The topological polar surface area (TPSA) is 29.9 Å². The van der Waals surface area contributed by atoms with Gasteiger partial charge < -0.3 is 5.32 Å². The van der Waals surface area contributed by atoms with Crippen LogP contribution >= 0.6 is 23.4 Å². The van der Waals surface area contributed by atoms with Crippen molar-refractivity contribution in [2.24, 2.45) is 5.92 Å². The second kappa shape index (κ2) is 9.38. The highest BCUT2D eigenvalue weighted by atomic mass is 35.5. The molecule has 0 aliphatic carbocycles. The van der Waals surface area contributed by atoms with Crippen LogP contribution in [0.25, 0.3) is 16.9 Å². The molecule has 0 bridgehead atoms. The number of aromatic nitrogens is 2. The summed E-state index contributed by atoms with van der Waals surface area (Å²) >= 11 is 8.24. The van der Waals surface area contributed by atoms with Crippen molar-refractivity contribution in [2.45, 2.75) is 38.0 Å². The molecule has 2 atom stereocenters. The fraction of sp³-hybridized carbons (Fsp3) is 0.375. The molecule has 0 spiro atoms. The minimum atomic E-state index is 0.417. The van der Waals surface area contributed by atoms with Crippen LogP contribution in [0.2, 0.25) is 5.02 Å². The van der Waals surface area contributed by atoms with Gasteiger partial charge >= 0.3 is 0 Å². The van der Waals surface area contributed by atoms with Crippen molar-refractivity contribution in [3.63, 3.8) is 0 Å². The number of halogens is 1. The highest BCUT2D eigenvalue weighted by Crippen LogP contribution is 2.43. The van der Waals surface area contributed by atoms with Crippen molar-refractivity contribution in [3.8, 4) is 16.9 Å². The van der Waals surface area contributed by atoms with Crippen LogP contribution < -0.4 is 5.32 Å². The molecule has 3 nitrogen and oxygen atoms in total. The summed E-state index contributed by atoms with van der Waals surface area (Å²) in [5.74, 6) is 2.20. The van der Waals surface area contributed by atoms with Gasteiger partial charge in [0.2, 0.25) is 0 Å². The Kier molecular flexibility index (Phi) is 6.63. The lowest BCUT2D eigenvalue weighted by atomic mass is 9.81. The van der Waals surface area contributed by atoms with E-state index in [2.05, 4.69) is 66.4 Å². The first-order chi connectivity index (χ1) is 14.2. The summed E-state index contributed by atoms with van der Waals surface area (Å²) in [5, 5.41) is 9.81. The summed E-state index contributed by atoms with van der Waals surface area (Å²) in [4.78, 5) is 0. The fourth-order valence-corrected chi connectivity index (χ4v) is 5.83. The smallest absolute Gasteiger partial charge is 0.0776 e. The minimum Gasteiger partial charge on any atom is -0.304 e. The molecule has 2 unspecified atom stereocenters. The number of nitrogens with zero attached hydrogens (tertiary/aromatic N) is 2. The SMILES string of the molecule is CCC(CC)C(c1cnn(-c2ccccc2)c1-c1ccc(Cl)cc1)C1NCCS1. The van der Waals surface area contributed by atoms with Gasteiger partial charge in [0.15, 0.2) is 0 Å². The van der Waals surface area contributed by atoms with Gasteiger partial charge in [0, 0.05) is 34.4 Å².